The van der Waals surface area contributed by atoms with Crippen LogP contribution >= 0.6 is 22.7 Å². The molecular weight excluding hydrogens is 250 g/mol. The van der Waals surface area contributed by atoms with Crippen molar-refractivity contribution in [2.24, 2.45) is 0 Å². The van der Waals surface area contributed by atoms with Crippen LogP contribution in [0.3, 0.4) is 0 Å². The minimum absolute atomic E-state index is 0.828. The molecule has 3 aromatic heterocycles. The van der Waals surface area contributed by atoms with Gasteiger partial charge in [-0.25, -0.2) is 9.97 Å². The van der Waals surface area contributed by atoms with Crippen molar-refractivity contribution in [3.05, 3.63) is 45.6 Å². The first-order chi connectivity index (χ1) is 8.31. The summed E-state index contributed by atoms with van der Waals surface area (Å²) >= 11 is 3.49. The van der Waals surface area contributed by atoms with Crippen LogP contribution < -0.4 is 0 Å². The van der Waals surface area contributed by atoms with Crippen LogP contribution in [0.2, 0.25) is 0 Å². The summed E-state index contributed by atoms with van der Waals surface area (Å²) in [5.74, 6) is 0. The first kappa shape index (κ1) is 10.7. The van der Waals surface area contributed by atoms with Crippen molar-refractivity contribution in [1.29, 1.82) is 0 Å². The lowest BCUT2D eigenvalue weighted by molar-refractivity contribution is 1.08. The summed E-state index contributed by atoms with van der Waals surface area (Å²) in [5, 5.41) is 3.24. The van der Waals surface area contributed by atoms with Crippen molar-refractivity contribution in [3.63, 3.8) is 0 Å². The second-order valence-electron chi connectivity index (χ2n) is 3.79. The Morgan fingerprint density at radius 2 is 2.29 bits per heavy atom. The second kappa shape index (κ2) is 4.43. The number of thiazole rings is 1. The quantitative estimate of drug-likeness (QED) is 0.784. The van der Waals surface area contributed by atoms with E-state index in [0.29, 0.717) is 0 Å². The van der Waals surface area contributed by atoms with Crippen LogP contribution in [-0.4, -0.2) is 15.0 Å². The molecule has 0 aromatic carbocycles. The van der Waals surface area contributed by atoms with Crippen LogP contribution in [-0.2, 0) is 6.42 Å². The van der Waals surface area contributed by atoms with Crippen LogP contribution in [0.4, 0.5) is 0 Å². The molecule has 5 heteroatoms. The number of rotatable bonds is 3. The standard InChI is InChI=1S/C12H11N3S2/c1-8-2-3-11(17-8)10-6-16-12(15-10)4-9-5-13-7-14-9/h2-3,5-7H,4H2,1H3,(H,13,14). The lowest BCUT2D eigenvalue weighted by Crippen LogP contribution is -1.86. The summed E-state index contributed by atoms with van der Waals surface area (Å²) in [4.78, 5) is 14.3. The highest BCUT2D eigenvalue weighted by atomic mass is 32.1. The average Bonchev–Trinajstić information content (AvgIpc) is 2.99. The third-order valence-electron chi connectivity index (χ3n) is 2.44. The molecule has 0 atom stereocenters. The fraction of sp³-hybridized carbons (Fsp3) is 0.167. The Bertz CT molecular complexity index is 607. The first-order valence-corrected chi connectivity index (χ1v) is 6.99. The van der Waals surface area contributed by atoms with Crippen LogP contribution in [0.1, 0.15) is 15.6 Å². The van der Waals surface area contributed by atoms with E-state index in [4.69, 9.17) is 0 Å². The molecule has 0 aliphatic heterocycles. The van der Waals surface area contributed by atoms with Crippen LogP contribution in [0.5, 0.6) is 0 Å². The molecule has 0 bridgehead atoms. The maximum atomic E-state index is 4.65. The monoisotopic (exact) mass is 261 g/mol. The molecule has 0 saturated heterocycles. The van der Waals surface area contributed by atoms with Crippen molar-refractivity contribution < 1.29 is 0 Å². The molecule has 0 unspecified atom stereocenters. The predicted molar refractivity (Wildman–Crippen MR) is 71.6 cm³/mol. The van der Waals surface area contributed by atoms with Crippen molar-refractivity contribution in [3.8, 4) is 10.6 Å². The summed E-state index contributed by atoms with van der Waals surface area (Å²) in [6, 6.07) is 4.27. The highest BCUT2D eigenvalue weighted by Crippen LogP contribution is 2.29. The van der Waals surface area contributed by atoms with Gasteiger partial charge in [0.15, 0.2) is 0 Å². The van der Waals surface area contributed by atoms with Crippen LogP contribution in [0.15, 0.2) is 30.0 Å². The zero-order valence-corrected chi connectivity index (χ0v) is 10.9. The summed E-state index contributed by atoms with van der Waals surface area (Å²) in [6.07, 6.45) is 4.37. The second-order valence-corrected chi connectivity index (χ2v) is 6.02. The average molecular weight is 261 g/mol. The van der Waals surface area contributed by atoms with Gasteiger partial charge in [0, 0.05) is 28.6 Å². The van der Waals surface area contributed by atoms with Crippen molar-refractivity contribution in [1.82, 2.24) is 15.0 Å². The zero-order valence-electron chi connectivity index (χ0n) is 9.30. The normalized spacial score (nSPS) is 10.9. The third-order valence-corrected chi connectivity index (χ3v) is 4.31. The number of nitrogens with one attached hydrogen (secondary N) is 1. The number of aryl methyl sites for hydroxylation is 1. The Kier molecular flexibility index (Phi) is 2.78. The van der Waals surface area contributed by atoms with Gasteiger partial charge in [-0.1, -0.05) is 0 Å². The lowest BCUT2D eigenvalue weighted by atomic mass is 10.3. The molecule has 3 rings (SSSR count). The number of hydrogen-bond acceptors (Lipinski definition) is 4. The smallest absolute Gasteiger partial charge is 0.0992 e. The third kappa shape index (κ3) is 2.30. The van der Waals surface area contributed by atoms with Crippen molar-refractivity contribution >= 4 is 22.7 Å². The number of H-pyrrole nitrogens is 1. The van der Waals surface area contributed by atoms with Gasteiger partial charge in [-0.2, -0.15) is 0 Å². The van der Waals surface area contributed by atoms with E-state index < -0.39 is 0 Å². The van der Waals surface area contributed by atoms with Crippen LogP contribution in [0.25, 0.3) is 10.6 Å². The van der Waals surface area contributed by atoms with E-state index in [-0.39, 0.29) is 0 Å². The molecule has 17 heavy (non-hydrogen) atoms. The van der Waals surface area contributed by atoms with Gasteiger partial charge in [0.25, 0.3) is 0 Å². The molecule has 0 radical (unpaired) electrons. The zero-order chi connectivity index (χ0) is 11.7. The number of aromatic amines is 1. The molecule has 0 spiro atoms. The molecular formula is C12H11N3S2. The fourth-order valence-electron chi connectivity index (χ4n) is 1.62. The van der Waals surface area contributed by atoms with E-state index in [9.17, 15) is 0 Å². The molecule has 0 fully saturated rings. The molecule has 3 nitrogen and oxygen atoms in total. The van der Waals surface area contributed by atoms with Crippen LogP contribution in [0, 0.1) is 6.92 Å². The molecule has 3 heterocycles. The molecule has 0 amide bonds. The number of aromatic nitrogens is 3. The Morgan fingerprint density at radius 3 is 3.00 bits per heavy atom. The maximum Gasteiger partial charge on any atom is 0.0992 e. The van der Waals surface area contributed by atoms with Gasteiger partial charge < -0.3 is 4.98 Å². The van der Waals surface area contributed by atoms with Crippen molar-refractivity contribution in [2.45, 2.75) is 13.3 Å². The minimum Gasteiger partial charge on any atom is -0.348 e. The molecule has 1 N–H and O–H groups in total. The van der Waals surface area contributed by atoms with E-state index in [1.807, 2.05) is 6.20 Å². The molecule has 3 aromatic rings. The minimum atomic E-state index is 0.828. The van der Waals surface area contributed by atoms with Gasteiger partial charge in [-0.3, -0.25) is 0 Å². The van der Waals surface area contributed by atoms with E-state index in [1.165, 1.54) is 9.75 Å². The molecule has 0 aliphatic carbocycles. The summed E-state index contributed by atoms with van der Waals surface area (Å²) < 4.78 is 0. The largest absolute Gasteiger partial charge is 0.348 e. The van der Waals surface area contributed by atoms with Gasteiger partial charge in [-0.15, -0.1) is 22.7 Å². The highest BCUT2D eigenvalue weighted by Gasteiger charge is 2.07. The maximum absolute atomic E-state index is 4.65. The van der Waals surface area contributed by atoms with E-state index in [1.54, 1.807) is 29.0 Å². The Balaban J connectivity index is 1.83. The van der Waals surface area contributed by atoms with Gasteiger partial charge in [0.05, 0.1) is 21.9 Å². The number of nitrogens with zero attached hydrogens (tertiary/aromatic N) is 2. The Labute approximate surface area is 107 Å². The van der Waals surface area contributed by atoms with E-state index in [2.05, 4.69) is 39.4 Å². The Morgan fingerprint density at radius 1 is 1.35 bits per heavy atom. The topological polar surface area (TPSA) is 41.6 Å². The van der Waals surface area contributed by atoms with Gasteiger partial charge >= 0.3 is 0 Å². The summed E-state index contributed by atoms with van der Waals surface area (Å²) in [7, 11) is 0. The summed E-state index contributed by atoms with van der Waals surface area (Å²) in [6.45, 7) is 2.12. The molecule has 86 valence electrons. The lowest BCUT2D eigenvalue weighted by Gasteiger charge is -1.91. The molecule has 0 aliphatic rings. The summed E-state index contributed by atoms with van der Waals surface area (Å²) in [5.41, 5.74) is 2.19. The Hall–Kier alpha value is -1.46. The SMILES string of the molecule is Cc1ccc(-c2csc(Cc3cnc[nH]3)n2)s1. The number of thiophene rings is 1. The predicted octanol–water partition coefficient (Wildman–Crippen LogP) is 3.49. The van der Waals surface area contributed by atoms with Gasteiger partial charge in [0.1, 0.15) is 0 Å². The van der Waals surface area contributed by atoms with E-state index >= 15 is 0 Å². The number of imidazole rings is 1. The fourth-order valence-corrected chi connectivity index (χ4v) is 3.34. The van der Waals surface area contributed by atoms with Crippen molar-refractivity contribution in [2.75, 3.05) is 0 Å². The highest BCUT2D eigenvalue weighted by molar-refractivity contribution is 7.16. The molecule has 0 saturated carbocycles. The first-order valence-electron chi connectivity index (χ1n) is 5.30. The number of hydrogen-bond donors (Lipinski definition) is 1. The van der Waals surface area contributed by atoms with Gasteiger partial charge in [-0.05, 0) is 19.1 Å². The van der Waals surface area contributed by atoms with Gasteiger partial charge in [0.2, 0.25) is 0 Å². The van der Waals surface area contributed by atoms with E-state index in [0.717, 1.165) is 22.8 Å².